The molecule has 1 unspecified atom stereocenters. The number of halogens is 1. The van der Waals surface area contributed by atoms with Crippen LogP contribution in [0.2, 0.25) is 0 Å². The summed E-state index contributed by atoms with van der Waals surface area (Å²) >= 11 is 3.56. The summed E-state index contributed by atoms with van der Waals surface area (Å²) in [6.45, 7) is 2.58. The first kappa shape index (κ1) is 18.2. The Morgan fingerprint density at radius 1 is 1.34 bits per heavy atom. The Balaban J connectivity index is 1.64. The van der Waals surface area contributed by atoms with Crippen molar-refractivity contribution in [1.29, 1.82) is 0 Å². The molecule has 2 aliphatic rings. The quantitative estimate of drug-likeness (QED) is 0.335. The van der Waals surface area contributed by atoms with E-state index in [9.17, 15) is 9.59 Å². The maximum absolute atomic E-state index is 13.2. The minimum Gasteiger partial charge on any atom is -0.438 e. The fraction of sp³-hybridized carbons (Fsp3) is 0.421. The second-order valence-electron chi connectivity index (χ2n) is 7.53. The van der Waals surface area contributed by atoms with Crippen molar-refractivity contribution < 1.29 is 9.21 Å². The predicted octanol–water partition coefficient (Wildman–Crippen LogP) is 3.96. The van der Waals surface area contributed by atoms with Crippen LogP contribution >= 0.6 is 15.9 Å². The van der Waals surface area contributed by atoms with E-state index in [-0.39, 0.29) is 24.1 Å². The van der Waals surface area contributed by atoms with Gasteiger partial charge in [0.05, 0.1) is 12.1 Å². The molecule has 3 aromatic rings. The first-order valence-electron chi connectivity index (χ1n) is 9.45. The van der Waals surface area contributed by atoms with Crippen LogP contribution in [0.3, 0.4) is 0 Å². The van der Waals surface area contributed by atoms with Gasteiger partial charge in [-0.05, 0) is 49.4 Å². The molecule has 0 N–H and O–H groups in total. The highest BCUT2D eigenvalue weighted by molar-refractivity contribution is 9.10. The summed E-state index contributed by atoms with van der Waals surface area (Å²) in [6.07, 6.45) is 2.41. The highest BCUT2D eigenvalue weighted by Gasteiger charge is 2.33. The molecule has 1 saturated carbocycles. The average Bonchev–Trinajstić information content (AvgIpc) is 3.36. The van der Waals surface area contributed by atoms with Crippen LogP contribution in [0.5, 0.6) is 0 Å². The van der Waals surface area contributed by atoms with Gasteiger partial charge in [0.15, 0.2) is 11.1 Å². The molecular weight excluding hydrogens is 440 g/mol. The number of carbonyl (C=O) groups is 1. The zero-order valence-corrected chi connectivity index (χ0v) is 17.2. The van der Waals surface area contributed by atoms with Gasteiger partial charge in [-0.25, -0.2) is 4.98 Å². The van der Waals surface area contributed by atoms with Crippen molar-refractivity contribution in [2.24, 2.45) is 5.11 Å². The summed E-state index contributed by atoms with van der Waals surface area (Å²) in [5, 5.41) is 4.37. The third-order valence-electron chi connectivity index (χ3n) is 5.64. The molecule has 148 valence electrons. The number of likely N-dealkylation sites (tertiary alicyclic amines) is 1. The highest BCUT2D eigenvalue weighted by Crippen LogP contribution is 2.39. The molecule has 10 heteroatoms. The summed E-state index contributed by atoms with van der Waals surface area (Å²) in [5.74, 6) is 0.0625. The number of oxazole rings is 1. The van der Waals surface area contributed by atoms with E-state index in [0.717, 1.165) is 33.8 Å². The molecular formula is C19H17BrN6O3. The van der Waals surface area contributed by atoms with Gasteiger partial charge in [-0.2, -0.15) is 0 Å². The number of aryl methyl sites for hydroxylation is 1. The molecule has 5 rings (SSSR count). The normalized spacial score (nSPS) is 19.3. The van der Waals surface area contributed by atoms with E-state index in [2.05, 4.69) is 30.9 Å². The van der Waals surface area contributed by atoms with Gasteiger partial charge in [-0.1, -0.05) is 21.0 Å². The van der Waals surface area contributed by atoms with Gasteiger partial charge >= 0.3 is 0 Å². The van der Waals surface area contributed by atoms with Crippen LogP contribution < -0.4 is 5.56 Å². The first-order valence-corrected chi connectivity index (χ1v) is 10.2. The van der Waals surface area contributed by atoms with E-state index < -0.39 is 6.04 Å². The molecule has 9 nitrogen and oxygen atoms in total. The van der Waals surface area contributed by atoms with Crippen LogP contribution in [0.4, 0.5) is 0 Å². The van der Waals surface area contributed by atoms with Crippen molar-refractivity contribution >= 4 is 43.8 Å². The molecule has 1 aromatic carbocycles. The molecule has 1 aliphatic carbocycles. The topological polar surface area (TPSA) is 117 Å². The first-order chi connectivity index (χ1) is 14.0. The molecule has 1 saturated heterocycles. The number of hydrogen-bond donors (Lipinski definition) is 0. The van der Waals surface area contributed by atoms with Gasteiger partial charge in [0.25, 0.3) is 5.56 Å². The molecule has 3 heterocycles. The number of carbonyl (C=O) groups excluding carboxylic acids is 1. The Hall–Kier alpha value is -2.84. The Bertz CT molecular complexity index is 1280. The van der Waals surface area contributed by atoms with Crippen LogP contribution in [-0.4, -0.2) is 32.9 Å². The number of azide groups is 1. The van der Waals surface area contributed by atoms with Crippen molar-refractivity contribution in [3.8, 4) is 0 Å². The number of hydrogen-bond acceptors (Lipinski definition) is 5. The van der Waals surface area contributed by atoms with Gasteiger partial charge in [-0.3, -0.25) is 9.59 Å². The Labute approximate surface area is 173 Å². The SMILES string of the molecule is Cc1c(Br)ccc2c3oc(CN4CCC(N=[N+]=[N-])C4=O)nc3c(=O)n(C3CC3)c12. The maximum Gasteiger partial charge on any atom is 0.281 e. The molecule has 0 spiro atoms. The van der Waals surface area contributed by atoms with E-state index in [1.165, 1.54) is 0 Å². The largest absolute Gasteiger partial charge is 0.438 e. The van der Waals surface area contributed by atoms with Crippen LogP contribution in [0.15, 0.2) is 30.9 Å². The second kappa shape index (κ2) is 6.60. The smallest absolute Gasteiger partial charge is 0.281 e. The molecule has 29 heavy (non-hydrogen) atoms. The lowest BCUT2D eigenvalue weighted by Gasteiger charge is -2.13. The standard InChI is InChI=1S/C19H17BrN6O3/c1-9-12(20)5-4-11-16(9)26(10-2-3-10)19(28)15-17(11)29-14(22-15)8-25-7-6-13(18(25)27)23-24-21/h4-5,10,13H,2-3,6-8H2,1H3. The zero-order chi connectivity index (χ0) is 20.3. The lowest BCUT2D eigenvalue weighted by molar-refractivity contribution is -0.129. The summed E-state index contributed by atoms with van der Waals surface area (Å²) in [6, 6.07) is 3.38. The molecule has 1 atom stereocenters. The Morgan fingerprint density at radius 3 is 2.86 bits per heavy atom. The van der Waals surface area contributed by atoms with E-state index >= 15 is 0 Å². The second-order valence-corrected chi connectivity index (χ2v) is 8.38. The summed E-state index contributed by atoms with van der Waals surface area (Å²) in [4.78, 5) is 34.3. The number of fused-ring (bicyclic) bond motifs is 3. The van der Waals surface area contributed by atoms with Crippen LogP contribution in [-0.2, 0) is 11.3 Å². The fourth-order valence-corrected chi connectivity index (χ4v) is 4.36. The highest BCUT2D eigenvalue weighted by atomic mass is 79.9. The van der Waals surface area contributed by atoms with Gasteiger partial charge in [0.1, 0.15) is 6.04 Å². The fourth-order valence-electron chi connectivity index (χ4n) is 4.04. The van der Waals surface area contributed by atoms with Crippen molar-refractivity contribution in [3.05, 3.63) is 48.9 Å². The third-order valence-corrected chi connectivity index (χ3v) is 6.50. The van der Waals surface area contributed by atoms with Crippen molar-refractivity contribution in [1.82, 2.24) is 14.5 Å². The average molecular weight is 457 g/mol. The molecule has 0 bridgehead atoms. The van der Waals surface area contributed by atoms with Crippen LogP contribution in [0.25, 0.3) is 32.4 Å². The predicted molar refractivity (Wildman–Crippen MR) is 109 cm³/mol. The van der Waals surface area contributed by atoms with Gasteiger partial charge in [-0.15, -0.1) is 0 Å². The number of aromatic nitrogens is 2. The molecule has 1 amide bonds. The van der Waals surface area contributed by atoms with Gasteiger partial charge in [0, 0.05) is 27.4 Å². The monoisotopic (exact) mass is 456 g/mol. The number of nitrogens with zero attached hydrogens (tertiary/aromatic N) is 6. The van der Waals surface area contributed by atoms with E-state index in [1.54, 1.807) is 4.90 Å². The third kappa shape index (κ3) is 2.82. The van der Waals surface area contributed by atoms with Crippen LogP contribution in [0.1, 0.15) is 36.8 Å². The Kier molecular flexibility index (Phi) is 4.15. The van der Waals surface area contributed by atoms with Gasteiger partial charge in [0.2, 0.25) is 11.8 Å². The number of amides is 1. The minimum atomic E-state index is -0.683. The molecule has 2 aromatic heterocycles. The van der Waals surface area contributed by atoms with Crippen molar-refractivity contribution in [2.75, 3.05) is 6.54 Å². The van der Waals surface area contributed by atoms with Crippen LogP contribution in [0, 0.1) is 6.92 Å². The lowest BCUT2D eigenvalue weighted by atomic mass is 10.1. The molecule has 1 aliphatic heterocycles. The van der Waals surface area contributed by atoms with E-state index in [1.807, 2.05) is 23.6 Å². The molecule has 2 fully saturated rings. The van der Waals surface area contributed by atoms with Gasteiger partial charge < -0.3 is 13.9 Å². The minimum absolute atomic E-state index is 0.144. The summed E-state index contributed by atoms with van der Waals surface area (Å²) < 4.78 is 8.75. The number of pyridine rings is 1. The van der Waals surface area contributed by atoms with E-state index in [0.29, 0.717) is 30.0 Å². The maximum atomic E-state index is 13.2. The number of benzene rings is 1. The van der Waals surface area contributed by atoms with E-state index in [4.69, 9.17) is 9.95 Å². The lowest BCUT2D eigenvalue weighted by Crippen LogP contribution is -2.28. The zero-order valence-electron chi connectivity index (χ0n) is 15.6. The summed E-state index contributed by atoms with van der Waals surface area (Å²) in [5.41, 5.74) is 11.0. The molecule has 0 radical (unpaired) electrons. The summed E-state index contributed by atoms with van der Waals surface area (Å²) in [7, 11) is 0. The number of rotatable bonds is 4. The van der Waals surface area contributed by atoms with Crippen molar-refractivity contribution in [2.45, 2.75) is 44.8 Å². The Morgan fingerprint density at radius 2 is 2.14 bits per heavy atom. The van der Waals surface area contributed by atoms with Crippen molar-refractivity contribution in [3.63, 3.8) is 0 Å².